The van der Waals surface area contributed by atoms with Gasteiger partial charge in [0.15, 0.2) is 0 Å². The molecule has 0 aliphatic carbocycles. The minimum absolute atomic E-state index is 0.0786. The van der Waals surface area contributed by atoms with E-state index < -0.39 is 0 Å². The van der Waals surface area contributed by atoms with E-state index in [2.05, 4.69) is 48.6 Å². The lowest BCUT2D eigenvalue weighted by atomic mass is 9.85. The Morgan fingerprint density at radius 3 is 1.67 bits per heavy atom. The Balaban J connectivity index is 4.07. The molecular formula is C24H47IO2. The van der Waals surface area contributed by atoms with Crippen molar-refractivity contribution in [1.29, 1.82) is 0 Å². The lowest BCUT2D eigenvalue weighted by Gasteiger charge is -2.28. The van der Waals surface area contributed by atoms with E-state index in [0.29, 0.717) is 0 Å². The molecule has 0 saturated carbocycles. The molecule has 2 nitrogen and oxygen atoms in total. The van der Waals surface area contributed by atoms with Crippen molar-refractivity contribution < 1.29 is 10.2 Å². The average Bonchev–Trinajstić information content (AvgIpc) is 2.66. The molecular weight excluding hydrogens is 447 g/mol. The average molecular weight is 495 g/mol. The van der Waals surface area contributed by atoms with Gasteiger partial charge >= 0.3 is 0 Å². The third-order valence-corrected chi connectivity index (χ3v) is 6.17. The van der Waals surface area contributed by atoms with Crippen molar-refractivity contribution in [3.8, 4) is 0 Å². The number of unbranched alkanes of at least 4 members (excludes halogenated alkanes) is 9. The van der Waals surface area contributed by atoms with Gasteiger partial charge in [-0.3, -0.25) is 0 Å². The topological polar surface area (TPSA) is 40.5 Å². The van der Waals surface area contributed by atoms with E-state index in [1.165, 1.54) is 68.6 Å². The van der Waals surface area contributed by atoms with Crippen LogP contribution in [0.25, 0.3) is 0 Å². The van der Waals surface area contributed by atoms with Crippen molar-refractivity contribution in [1.82, 2.24) is 0 Å². The van der Waals surface area contributed by atoms with E-state index >= 15 is 0 Å². The van der Waals surface area contributed by atoms with Gasteiger partial charge in [-0.05, 0) is 38.5 Å². The van der Waals surface area contributed by atoms with Crippen LogP contribution in [0, 0.1) is 5.92 Å². The molecule has 162 valence electrons. The predicted octanol–water partition coefficient (Wildman–Crippen LogP) is 7.60. The van der Waals surface area contributed by atoms with Crippen molar-refractivity contribution in [3.05, 3.63) is 12.2 Å². The van der Waals surface area contributed by atoms with E-state index in [4.69, 9.17) is 0 Å². The fourth-order valence-corrected chi connectivity index (χ4v) is 4.11. The minimum atomic E-state index is -0.323. The Hall–Kier alpha value is 0.390. The summed E-state index contributed by atoms with van der Waals surface area (Å²) in [4.78, 5) is 0. The maximum Gasteiger partial charge on any atom is 0.0593 e. The Labute approximate surface area is 183 Å². The molecule has 27 heavy (non-hydrogen) atoms. The van der Waals surface area contributed by atoms with Crippen molar-refractivity contribution in [2.45, 2.75) is 129 Å². The zero-order chi connectivity index (χ0) is 20.2. The highest BCUT2D eigenvalue weighted by Crippen LogP contribution is 2.25. The molecule has 0 rings (SSSR count). The molecule has 0 radical (unpaired) electrons. The summed E-state index contributed by atoms with van der Waals surface area (Å²) in [6, 6.07) is 0. The number of hydrogen-bond donors (Lipinski definition) is 2. The molecule has 0 saturated heterocycles. The first-order valence-electron chi connectivity index (χ1n) is 11.7. The highest BCUT2D eigenvalue weighted by Gasteiger charge is 2.25. The monoisotopic (exact) mass is 494 g/mol. The number of allylic oxidation sites excluding steroid dienone is 2. The van der Waals surface area contributed by atoms with Gasteiger partial charge < -0.3 is 10.2 Å². The Morgan fingerprint density at radius 2 is 1.11 bits per heavy atom. The lowest BCUT2D eigenvalue weighted by Crippen LogP contribution is -2.32. The SMILES string of the molecule is CCCCCC(O)C(CCCCCCC/C=C/CCI)C(O)CCCCC. The fraction of sp³-hybridized carbons (Fsp3) is 0.917. The van der Waals surface area contributed by atoms with Crippen LogP contribution in [0.5, 0.6) is 0 Å². The van der Waals surface area contributed by atoms with Crippen molar-refractivity contribution in [3.63, 3.8) is 0 Å². The molecule has 0 fully saturated rings. The van der Waals surface area contributed by atoms with E-state index in [-0.39, 0.29) is 18.1 Å². The third kappa shape index (κ3) is 17.0. The lowest BCUT2D eigenvalue weighted by molar-refractivity contribution is -0.00316. The van der Waals surface area contributed by atoms with Crippen LogP contribution in [-0.2, 0) is 0 Å². The van der Waals surface area contributed by atoms with Gasteiger partial charge in [-0.1, -0.05) is 113 Å². The van der Waals surface area contributed by atoms with Gasteiger partial charge in [0.05, 0.1) is 12.2 Å². The first kappa shape index (κ1) is 27.4. The molecule has 2 atom stereocenters. The summed E-state index contributed by atoms with van der Waals surface area (Å²) in [5, 5.41) is 21.3. The summed E-state index contributed by atoms with van der Waals surface area (Å²) < 4.78 is 1.21. The van der Waals surface area contributed by atoms with Gasteiger partial charge in [-0.15, -0.1) is 0 Å². The standard InChI is InChI=1S/C24H47IO2/c1-3-5-14-19-23(26)22(24(27)20-15-6-4-2)18-16-12-10-8-7-9-11-13-17-21-25/h11,13,22-24,26-27H,3-10,12,14-21H2,1-2H3/b13-11+. The maximum absolute atomic E-state index is 10.6. The smallest absolute Gasteiger partial charge is 0.0593 e. The molecule has 0 amide bonds. The molecule has 0 aromatic rings. The molecule has 2 N–H and O–H groups in total. The Bertz CT molecular complexity index is 304. The third-order valence-electron chi connectivity index (χ3n) is 5.55. The normalized spacial score (nSPS) is 15.3. The van der Waals surface area contributed by atoms with Crippen molar-refractivity contribution in [2.24, 2.45) is 5.92 Å². The summed E-state index contributed by atoms with van der Waals surface area (Å²) >= 11 is 2.42. The number of rotatable bonds is 20. The Kier molecular flexibility index (Phi) is 21.4. The summed E-state index contributed by atoms with van der Waals surface area (Å²) in [6.45, 7) is 4.39. The molecule has 2 unspecified atom stereocenters. The van der Waals surface area contributed by atoms with E-state index in [1.807, 2.05) is 0 Å². The van der Waals surface area contributed by atoms with Crippen LogP contribution in [-0.4, -0.2) is 26.8 Å². The number of alkyl halides is 1. The van der Waals surface area contributed by atoms with Gasteiger partial charge in [0.2, 0.25) is 0 Å². The number of hydrogen-bond acceptors (Lipinski definition) is 2. The van der Waals surface area contributed by atoms with Crippen molar-refractivity contribution >= 4 is 22.6 Å². The predicted molar refractivity (Wildman–Crippen MR) is 129 cm³/mol. The van der Waals surface area contributed by atoms with Crippen LogP contribution in [0.4, 0.5) is 0 Å². The van der Waals surface area contributed by atoms with E-state index in [9.17, 15) is 10.2 Å². The molecule has 0 bridgehead atoms. The van der Waals surface area contributed by atoms with Crippen LogP contribution in [0.3, 0.4) is 0 Å². The van der Waals surface area contributed by atoms with E-state index in [0.717, 1.165) is 38.5 Å². The number of aliphatic hydroxyl groups excluding tert-OH is 2. The second kappa shape index (κ2) is 21.1. The quantitative estimate of drug-likeness (QED) is 0.0792. The highest BCUT2D eigenvalue weighted by molar-refractivity contribution is 14.1. The zero-order valence-corrected chi connectivity index (χ0v) is 20.3. The Morgan fingerprint density at radius 1 is 0.630 bits per heavy atom. The van der Waals surface area contributed by atoms with Crippen LogP contribution in [0.1, 0.15) is 117 Å². The van der Waals surface area contributed by atoms with Gasteiger partial charge in [-0.2, -0.15) is 0 Å². The number of aliphatic hydroxyl groups is 2. The molecule has 0 aliphatic rings. The van der Waals surface area contributed by atoms with Gasteiger partial charge in [0.1, 0.15) is 0 Å². The van der Waals surface area contributed by atoms with Crippen molar-refractivity contribution in [2.75, 3.05) is 4.43 Å². The summed E-state index contributed by atoms with van der Waals surface area (Å²) in [5.41, 5.74) is 0. The molecule has 0 aliphatic heterocycles. The summed E-state index contributed by atoms with van der Waals surface area (Å²) in [6.07, 6.45) is 22.2. The summed E-state index contributed by atoms with van der Waals surface area (Å²) in [7, 11) is 0. The maximum atomic E-state index is 10.6. The van der Waals surface area contributed by atoms with E-state index in [1.54, 1.807) is 0 Å². The van der Waals surface area contributed by atoms with Crippen LogP contribution >= 0.6 is 22.6 Å². The molecule has 0 heterocycles. The van der Waals surface area contributed by atoms with Crippen LogP contribution in [0.15, 0.2) is 12.2 Å². The van der Waals surface area contributed by atoms with Gasteiger partial charge in [0, 0.05) is 10.3 Å². The molecule has 0 aromatic carbocycles. The first-order chi connectivity index (χ1) is 13.2. The van der Waals surface area contributed by atoms with Crippen LogP contribution in [0.2, 0.25) is 0 Å². The minimum Gasteiger partial charge on any atom is -0.393 e. The fourth-order valence-electron chi connectivity index (χ4n) is 3.75. The van der Waals surface area contributed by atoms with Crippen LogP contribution < -0.4 is 0 Å². The highest BCUT2D eigenvalue weighted by atomic mass is 127. The zero-order valence-electron chi connectivity index (χ0n) is 18.2. The molecule has 3 heteroatoms. The largest absolute Gasteiger partial charge is 0.393 e. The second-order valence-electron chi connectivity index (χ2n) is 8.08. The van der Waals surface area contributed by atoms with Gasteiger partial charge in [-0.25, -0.2) is 0 Å². The molecule has 0 spiro atoms. The second-order valence-corrected chi connectivity index (χ2v) is 9.16. The number of halogens is 1. The van der Waals surface area contributed by atoms with Gasteiger partial charge in [0.25, 0.3) is 0 Å². The molecule has 0 aromatic heterocycles. The first-order valence-corrected chi connectivity index (χ1v) is 13.3. The summed E-state index contributed by atoms with van der Waals surface area (Å²) in [5.74, 6) is 0.0786.